The van der Waals surface area contributed by atoms with Crippen LogP contribution in [0.15, 0.2) is 48.5 Å². The van der Waals surface area contributed by atoms with Crippen LogP contribution in [0.1, 0.15) is 30.9 Å². The van der Waals surface area contributed by atoms with Crippen molar-refractivity contribution in [2.75, 3.05) is 13.2 Å². The highest BCUT2D eigenvalue weighted by molar-refractivity contribution is 6.30. The van der Waals surface area contributed by atoms with Gasteiger partial charge < -0.3 is 10.1 Å². The molecule has 3 rings (SSSR count). The molecule has 1 unspecified atom stereocenters. The number of carbonyl (C=O) groups excluding carboxylic acids is 2. The molecule has 0 aromatic heterocycles. The molecule has 1 saturated heterocycles. The van der Waals surface area contributed by atoms with E-state index in [1.807, 2.05) is 38.1 Å². The van der Waals surface area contributed by atoms with Gasteiger partial charge in [0, 0.05) is 11.6 Å². The molecule has 1 N–H and O–H groups in total. The number of aryl methyl sites for hydroxylation is 1. The average Bonchev–Trinajstić information content (AvgIpc) is 2.90. The predicted octanol–water partition coefficient (Wildman–Crippen LogP) is 4.27. The van der Waals surface area contributed by atoms with Crippen LogP contribution in [0.5, 0.6) is 5.75 Å². The third kappa shape index (κ3) is 3.93. The zero-order valence-corrected chi connectivity index (χ0v) is 16.3. The third-order valence-electron chi connectivity index (χ3n) is 4.83. The van der Waals surface area contributed by atoms with Gasteiger partial charge in [0.2, 0.25) is 0 Å². The number of amides is 3. The SMILES string of the molecule is CCC1(c2ccc(Cl)cc2)NC(=O)N(CCCOc2cccc(C)c2)C1=O. The number of hydrogen-bond acceptors (Lipinski definition) is 3. The van der Waals surface area contributed by atoms with Crippen LogP contribution in [-0.2, 0) is 10.3 Å². The van der Waals surface area contributed by atoms with Crippen molar-refractivity contribution >= 4 is 23.5 Å². The number of nitrogens with zero attached hydrogens (tertiary/aromatic N) is 1. The van der Waals surface area contributed by atoms with E-state index >= 15 is 0 Å². The van der Waals surface area contributed by atoms with Gasteiger partial charge >= 0.3 is 6.03 Å². The molecule has 3 amide bonds. The molecule has 1 aliphatic rings. The van der Waals surface area contributed by atoms with Crippen molar-refractivity contribution in [2.45, 2.75) is 32.2 Å². The van der Waals surface area contributed by atoms with Crippen molar-refractivity contribution in [1.29, 1.82) is 0 Å². The maximum Gasteiger partial charge on any atom is 0.325 e. The smallest absolute Gasteiger partial charge is 0.325 e. The second-order valence-electron chi connectivity index (χ2n) is 6.67. The van der Waals surface area contributed by atoms with Crippen LogP contribution in [0.25, 0.3) is 0 Å². The number of rotatable bonds is 7. The molecule has 0 radical (unpaired) electrons. The van der Waals surface area contributed by atoms with E-state index < -0.39 is 5.54 Å². The summed E-state index contributed by atoms with van der Waals surface area (Å²) in [4.78, 5) is 26.7. The van der Waals surface area contributed by atoms with E-state index in [9.17, 15) is 9.59 Å². The topological polar surface area (TPSA) is 58.6 Å². The Bertz CT molecular complexity index is 838. The summed E-state index contributed by atoms with van der Waals surface area (Å²) in [6.45, 7) is 4.63. The number of urea groups is 1. The lowest BCUT2D eigenvalue weighted by atomic mass is 9.87. The lowest BCUT2D eigenvalue weighted by Gasteiger charge is -2.25. The van der Waals surface area contributed by atoms with E-state index in [0.29, 0.717) is 31.0 Å². The largest absolute Gasteiger partial charge is 0.494 e. The molecule has 27 heavy (non-hydrogen) atoms. The van der Waals surface area contributed by atoms with Crippen molar-refractivity contribution in [3.05, 3.63) is 64.7 Å². The molecule has 1 atom stereocenters. The monoisotopic (exact) mass is 386 g/mol. The lowest BCUT2D eigenvalue weighted by molar-refractivity contribution is -0.131. The number of hydrogen-bond donors (Lipinski definition) is 1. The maximum atomic E-state index is 13.0. The van der Waals surface area contributed by atoms with Gasteiger partial charge in [0.25, 0.3) is 5.91 Å². The molecule has 1 aliphatic heterocycles. The average molecular weight is 387 g/mol. The van der Waals surface area contributed by atoms with Gasteiger partial charge in [-0.2, -0.15) is 0 Å². The molecule has 2 aromatic rings. The molecule has 0 bridgehead atoms. The summed E-state index contributed by atoms with van der Waals surface area (Å²) < 4.78 is 5.71. The van der Waals surface area contributed by atoms with Gasteiger partial charge in [-0.3, -0.25) is 9.69 Å². The van der Waals surface area contributed by atoms with Gasteiger partial charge in [-0.1, -0.05) is 42.8 Å². The Labute approximate surface area is 164 Å². The van der Waals surface area contributed by atoms with Crippen LogP contribution in [0.4, 0.5) is 4.79 Å². The van der Waals surface area contributed by atoms with Crippen molar-refractivity contribution in [2.24, 2.45) is 0 Å². The number of halogens is 1. The van der Waals surface area contributed by atoms with Crippen molar-refractivity contribution in [3.8, 4) is 5.75 Å². The molecular formula is C21H23ClN2O3. The van der Waals surface area contributed by atoms with Crippen LogP contribution in [0.2, 0.25) is 5.02 Å². The number of benzene rings is 2. The van der Waals surface area contributed by atoms with Crippen molar-refractivity contribution in [1.82, 2.24) is 10.2 Å². The minimum atomic E-state index is -1.03. The van der Waals surface area contributed by atoms with Crippen LogP contribution in [0.3, 0.4) is 0 Å². The molecular weight excluding hydrogens is 364 g/mol. The Kier molecular flexibility index (Phi) is 5.71. The summed E-state index contributed by atoms with van der Waals surface area (Å²) in [6.07, 6.45) is 1.03. The number of imide groups is 1. The van der Waals surface area contributed by atoms with E-state index in [4.69, 9.17) is 16.3 Å². The standard InChI is InChI=1S/C21H23ClN2O3/c1-3-21(16-8-10-17(22)11-9-16)19(25)24(20(26)23-21)12-5-13-27-18-7-4-6-15(2)14-18/h4,6-11,14H,3,5,12-13H2,1-2H3,(H,23,26). The van der Waals surface area contributed by atoms with E-state index in [-0.39, 0.29) is 11.9 Å². The van der Waals surface area contributed by atoms with Gasteiger partial charge in [-0.25, -0.2) is 4.79 Å². The van der Waals surface area contributed by atoms with Crippen molar-refractivity contribution in [3.63, 3.8) is 0 Å². The van der Waals surface area contributed by atoms with Crippen LogP contribution >= 0.6 is 11.6 Å². The highest BCUT2D eigenvalue weighted by Gasteiger charge is 2.50. The molecule has 1 fully saturated rings. The van der Waals surface area contributed by atoms with Crippen LogP contribution < -0.4 is 10.1 Å². The summed E-state index contributed by atoms with van der Waals surface area (Å²) in [5.74, 6) is 0.559. The first-order chi connectivity index (χ1) is 13.0. The molecule has 6 heteroatoms. The van der Waals surface area contributed by atoms with Gasteiger partial charge in [-0.15, -0.1) is 0 Å². The molecule has 0 spiro atoms. The fourth-order valence-corrected chi connectivity index (χ4v) is 3.45. The highest BCUT2D eigenvalue weighted by Crippen LogP contribution is 2.33. The molecule has 0 saturated carbocycles. The Morgan fingerprint density at radius 1 is 1.15 bits per heavy atom. The minimum Gasteiger partial charge on any atom is -0.494 e. The Hall–Kier alpha value is -2.53. The Morgan fingerprint density at radius 2 is 1.89 bits per heavy atom. The second kappa shape index (κ2) is 8.01. The fourth-order valence-electron chi connectivity index (χ4n) is 3.32. The third-order valence-corrected chi connectivity index (χ3v) is 5.08. The van der Waals surface area contributed by atoms with E-state index in [2.05, 4.69) is 5.32 Å². The van der Waals surface area contributed by atoms with Gasteiger partial charge in [0.1, 0.15) is 11.3 Å². The summed E-state index contributed by atoms with van der Waals surface area (Å²) in [5.41, 5.74) is 0.836. The summed E-state index contributed by atoms with van der Waals surface area (Å²) in [5, 5.41) is 3.46. The molecule has 0 aliphatic carbocycles. The lowest BCUT2D eigenvalue weighted by Crippen LogP contribution is -2.43. The van der Waals surface area contributed by atoms with Crippen LogP contribution in [-0.4, -0.2) is 30.0 Å². The van der Waals surface area contributed by atoms with Gasteiger partial charge in [0.15, 0.2) is 0 Å². The van der Waals surface area contributed by atoms with Gasteiger partial charge in [0.05, 0.1) is 6.61 Å². The zero-order valence-electron chi connectivity index (χ0n) is 15.5. The quantitative estimate of drug-likeness (QED) is 0.571. The fraction of sp³-hybridized carbons (Fsp3) is 0.333. The van der Waals surface area contributed by atoms with Gasteiger partial charge in [-0.05, 0) is 55.2 Å². The Morgan fingerprint density at radius 3 is 2.56 bits per heavy atom. The molecule has 2 aromatic carbocycles. The first-order valence-electron chi connectivity index (χ1n) is 9.06. The summed E-state index contributed by atoms with van der Waals surface area (Å²) in [6, 6.07) is 14.4. The van der Waals surface area contributed by atoms with Crippen molar-refractivity contribution < 1.29 is 14.3 Å². The zero-order chi connectivity index (χ0) is 19.4. The number of nitrogens with one attached hydrogen (secondary N) is 1. The predicted molar refractivity (Wildman–Crippen MR) is 105 cm³/mol. The number of ether oxygens (including phenoxy) is 1. The summed E-state index contributed by atoms with van der Waals surface area (Å²) in [7, 11) is 0. The molecule has 1 heterocycles. The van der Waals surface area contributed by atoms with E-state index in [0.717, 1.165) is 16.9 Å². The normalized spacial score (nSPS) is 19.3. The highest BCUT2D eigenvalue weighted by atomic mass is 35.5. The first-order valence-corrected chi connectivity index (χ1v) is 9.43. The minimum absolute atomic E-state index is 0.229. The first kappa shape index (κ1) is 19.2. The Balaban J connectivity index is 1.64. The molecule has 5 nitrogen and oxygen atoms in total. The van der Waals surface area contributed by atoms with E-state index in [1.54, 1.807) is 24.3 Å². The van der Waals surface area contributed by atoms with Crippen LogP contribution in [0, 0.1) is 6.92 Å². The number of carbonyl (C=O) groups is 2. The van der Waals surface area contributed by atoms with E-state index in [1.165, 1.54) is 4.90 Å². The maximum absolute atomic E-state index is 13.0. The molecule has 142 valence electrons. The second-order valence-corrected chi connectivity index (χ2v) is 7.11. The summed E-state index contributed by atoms with van der Waals surface area (Å²) >= 11 is 5.95.